The van der Waals surface area contributed by atoms with E-state index in [0.717, 1.165) is 0 Å². The normalized spacial score (nSPS) is 21.0. The van der Waals surface area contributed by atoms with Gasteiger partial charge in [0.2, 0.25) is 0 Å². The smallest absolute Gasteiger partial charge is 0.370 e. The standard InChI is InChI=1S/C9H16F3NO/c1-8(2,3)14-7-4-13(5-7)6-9(10,11)12/h7H,4-6H2,1-3H3. The second-order valence-corrected chi connectivity index (χ2v) is 4.66. The maximum atomic E-state index is 11.9. The lowest BCUT2D eigenvalue weighted by atomic mass is 10.1. The third-order valence-corrected chi connectivity index (χ3v) is 1.85. The van der Waals surface area contributed by atoms with Crippen molar-refractivity contribution in [1.29, 1.82) is 0 Å². The van der Waals surface area contributed by atoms with Crippen molar-refractivity contribution >= 4 is 0 Å². The predicted molar refractivity (Wildman–Crippen MR) is 47.1 cm³/mol. The first-order valence-corrected chi connectivity index (χ1v) is 4.63. The average Bonchev–Trinajstić information content (AvgIpc) is 1.75. The van der Waals surface area contributed by atoms with Gasteiger partial charge in [-0.15, -0.1) is 0 Å². The Bertz CT molecular complexity index is 171. The van der Waals surface area contributed by atoms with Gasteiger partial charge in [0.15, 0.2) is 0 Å². The van der Waals surface area contributed by atoms with Crippen LogP contribution in [0.1, 0.15) is 20.8 Å². The minimum absolute atomic E-state index is 0.0441. The van der Waals surface area contributed by atoms with E-state index in [2.05, 4.69) is 0 Å². The number of likely N-dealkylation sites (tertiary alicyclic amines) is 1. The Morgan fingerprint density at radius 1 is 1.21 bits per heavy atom. The average molecular weight is 211 g/mol. The van der Waals surface area contributed by atoms with E-state index >= 15 is 0 Å². The molecule has 0 aromatic heterocycles. The molecule has 1 rings (SSSR count). The van der Waals surface area contributed by atoms with Crippen LogP contribution in [0.2, 0.25) is 0 Å². The van der Waals surface area contributed by atoms with E-state index in [1.165, 1.54) is 4.90 Å². The Morgan fingerprint density at radius 3 is 2.07 bits per heavy atom. The molecule has 0 bridgehead atoms. The number of nitrogens with zero attached hydrogens (tertiary/aromatic N) is 1. The number of rotatable bonds is 2. The van der Waals surface area contributed by atoms with Crippen molar-refractivity contribution < 1.29 is 17.9 Å². The van der Waals surface area contributed by atoms with E-state index < -0.39 is 12.7 Å². The SMILES string of the molecule is CC(C)(C)OC1CN(CC(F)(F)F)C1. The highest BCUT2D eigenvalue weighted by Crippen LogP contribution is 2.23. The maximum Gasteiger partial charge on any atom is 0.401 e. The van der Waals surface area contributed by atoms with Gasteiger partial charge in [-0.05, 0) is 20.8 Å². The monoisotopic (exact) mass is 211 g/mol. The van der Waals surface area contributed by atoms with Gasteiger partial charge in [0, 0.05) is 13.1 Å². The molecule has 5 heteroatoms. The molecular formula is C9H16F3NO. The maximum absolute atomic E-state index is 11.9. The lowest BCUT2D eigenvalue weighted by Gasteiger charge is -2.42. The van der Waals surface area contributed by atoms with Crippen LogP contribution in [0.3, 0.4) is 0 Å². The van der Waals surface area contributed by atoms with Gasteiger partial charge in [0.1, 0.15) is 0 Å². The zero-order valence-electron chi connectivity index (χ0n) is 8.69. The molecule has 0 aromatic carbocycles. The number of hydrogen-bond donors (Lipinski definition) is 0. The van der Waals surface area contributed by atoms with Crippen molar-refractivity contribution in [1.82, 2.24) is 4.90 Å². The third-order valence-electron chi connectivity index (χ3n) is 1.85. The van der Waals surface area contributed by atoms with Crippen molar-refractivity contribution in [2.75, 3.05) is 19.6 Å². The molecule has 14 heavy (non-hydrogen) atoms. The van der Waals surface area contributed by atoms with Gasteiger partial charge >= 0.3 is 6.18 Å². The highest BCUT2D eigenvalue weighted by Gasteiger charge is 2.38. The van der Waals surface area contributed by atoms with E-state index in [4.69, 9.17) is 4.74 Å². The summed E-state index contributed by atoms with van der Waals surface area (Å²) in [6, 6.07) is 0. The molecule has 0 saturated carbocycles. The molecule has 0 spiro atoms. The fraction of sp³-hybridized carbons (Fsp3) is 1.00. The van der Waals surface area contributed by atoms with E-state index in [9.17, 15) is 13.2 Å². The van der Waals surface area contributed by atoms with Crippen molar-refractivity contribution in [3.8, 4) is 0 Å². The highest BCUT2D eigenvalue weighted by molar-refractivity contribution is 4.84. The van der Waals surface area contributed by atoms with Crippen LogP contribution in [0.15, 0.2) is 0 Å². The molecule has 1 aliphatic heterocycles. The summed E-state index contributed by atoms with van der Waals surface area (Å²) in [5.41, 5.74) is -0.269. The number of hydrogen-bond acceptors (Lipinski definition) is 2. The number of halogens is 3. The molecule has 0 amide bonds. The molecule has 0 aromatic rings. The molecular weight excluding hydrogens is 195 g/mol. The molecule has 2 nitrogen and oxygen atoms in total. The molecule has 0 radical (unpaired) electrons. The minimum atomic E-state index is -4.09. The van der Waals surface area contributed by atoms with Gasteiger partial charge in [-0.25, -0.2) is 0 Å². The molecule has 1 fully saturated rings. The molecule has 0 unspecified atom stereocenters. The van der Waals surface area contributed by atoms with Crippen LogP contribution in [0.4, 0.5) is 13.2 Å². The van der Waals surface area contributed by atoms with Gasteiger partial charge in [-0.3, -0.25) is 4.90 Å². The van der Waals surface area contributed by atoms with Gasteiger partial charge in [-0.2, -0.15) is 13.2 Å². The molecule has 1 saturated heterocycles. The Balaban J connectivity index is 2.18. The van der Waals surface area contributed by atoms with E-state index in [1.54, 1.807) is 0 Å². The summed E-state index contributed by atoms with van der Waals surface area (Å²) in [5.74, 6) is 0. The van der Waals surface area contributed by atoms with Crippen molar-refractivity contribution in [2.24, 2.45) is 0 Å². The van der Waals surface area contributed by atoms with Gasteiger partial charge in [-0.1, -0.05) is 0 Å². The summed E-state index contributed by atoms with van der Waals surface area (Å²) >= 11 is 0. The van der Waals surface area contributed by atoms with E-state index in [0.29, 0.717) is 13.1 Å². The first-order valence-electron chi connectivity index (χ1n) is 4.63. The van der Waals surface area contributed by atoms with Crippen molar-refractivity contribution in [3.05, 3.63) is 0 Å². The second-order valence-electron chi connectivity index (χ2n) is 4.66. The van der Waals surface area contributed by atoms with Gasteiger partial charge in [0.25, 0.3) is 0 Å². The molecule has 0 N–H and O–H groups in total. The Hall–Kier alpha value is -0.290. The van der Waals surface area contributed by atoms with E-state index in [-0.39, 0.29) is 11.7 Å². The zero-order valence-corrected chi connectivity index (χ0v) is 8.69. The third kappa shape index (κ3) is 4.28. The van der Waals surface area contributed by atoms with Crippen LogP contribution in [0, 0.1) is 0 Å². The lowest BCUT2D eigenvalue weighted by molar-refractivity contribution is -0.183. The van der Waals surface area contributed by atoms with Crippen LogP contribution in [0.5, 0.6) is 0 Å². The van der Waals surface area contributed by atoms with Crippen LogP contribution in [0.25, 0.3) is 0 Å². The summed E-state index contributed by atoms with van der Waals surface area (Å²) in [5, 5.41) is 0. The largest absolute Gasteiger partial charge is 0.401 e. The summed E-state index contributed by atoms with van der Waals surface area (Å²) in [4.78, 5) is 1.34. The number of ether oxygens (including phenoxy) is 1. The van der Waals surface area contributed by atoms with E-state index in [1.807, 2.05) is 20.8 Å². The van der Waals surface area contributed by atoms with Crippen LogP contribution >= 0.6 is 0 Å². The topological polar surface area (TPSA) is 12.5 Å². The summed E-state index contributed by atoms with van der Waals surface area (Å²) in [7, 11) is 0. The quantitative estimate of drug-likeness (QED) is 0.693. The predicted octanol–water partition coefficient (Wildman–Crippen LogP) is 2.05. The first-order chi connectivity index (χ1) is 6.16. The second kappa shape index (κ2) is 3.70. The molecule has 0 aliphatic carbocycles. The fourth-order valence-corrected chi connectivity index (χ4v) is 1.48. The minimum Gasteiger partial charge on any atom is -0.370 e. The molecule has 0 atom stereocenters. The Morgan fingerprint density at radius 2 is 1.71 bits per heavy atom. The number of alkyl halides is 3. The zero-order chi connectivity index (χ0) is 11.0. The van der Waals surface area contributed by atoms with Crippen molar-refractivity contribution in [2.45, 2.75) is 38.7 Å². The van der Waals surface area contributed by atoms with Gasteiger partial charge in [0.05, 0.1) is 18.2 Å². The van der Waals surface area contributed by atoms with Crippen LogP contribution in [-0.4, -0.2) is 42.4 Å². The van der Waals surface area contributed by atoms with Crippen LogP contribution < -0.4 is 0 Å². The molecule has 1 aliphatic rings. The first kappa shape index (κ1) is 11.8. The fourth-order valence-electron chi connectivity index (χ4n) is 1.48. The molecule has 1 heterocycles. The van der Waals surface area contributed by atoms with Crippen LogP contribution in [-0.2, 0) is 4.74 Å². The Labute approximate surface area is 82.0 Å². The summed E-state index contributed by atoms with van der Waals surface area (Å²) in [6.07, 6.45) is -4.13. The van der Waals surface area contributed by atoms with Gasteiger partial charge < -0.3 is 4.74 Å². The lowest BCUT2D eigenvalue weighted by Crippen LogP contribution is -2.56. The summed E-state index contributed by atoms with van der Waals surface area (Å²) < 4.78 is 41.2. The Kier molecular flexibility index (Phi) is 3.11. The highest BCUT2D eigenvalue weighted by atomic mass is 19.4. The summed E-state index contributed by atoms with van der Waals surface area (Å²) in [6.45, 7) is 5.66. The molecule has 84 valence electrons. The van der Waals surface area contributed by atoms with Crippen molar-refractivity contribution in [3.63, 3.8) is 0 Å².